The van der Waals surface area contributed by atoms with E-state index in [0.29, 0.717) is 6.42 Å². The van der Waals surface area contributed by atoms with E-state index in [0.717, 1.165) is 47.3 Å². The summed E-state index contributed by atoms with van der Waals surface area (Å²) in [4.78, 5) is 18.2. The predicted octanol–water partition coefficient (Wildman–Crippen LogP) is 6.07. The van der Waals surface area contributed by atoms with E-state index in [1.54, 1.807) is 0 Å². The van der Waals surface area contributed by atoms with E-state index in [4.69, 9.17) is 14.8 Å². The van der Waals surface area contributed by atoms with Crippen LogP contribution in [0.25, 0.3) is 10.8 Å². The Kier molecular flexibility index (Phi) is 4.92. The van der Waals surface area contributed by atoms with Gasteiger partial charge in [0.2, 0.25) is 5.72 Å². The molecule has 164 valence electrons. The molecule has 5 nitrogen and oxygen atoms in total. The molecule has 0 aromatic heterocycles. The molecule has 0 amide bonds. The highest BCUT2D eigenvalue weighted by Crippen LogP contribution is 2.54. The number of aliphatic carboxylic acids is 1. The van der Waals surface area contributed by atoms with Crippen LogP contribution in [-0.4, -0.2) is 29.6 Å². The molecule has 0 radical (unpaired) electrons. The summed E-state index contributed by atoms with van der Waals surface area (Å²) in [6.45, 7) is 5.21. The number of carboxylic acid groups (broad SMARTS) is 1. The van der Waals surface area contributed by atoms with Gasteiger partial charge < -0.3 is 14.7 Å². The van der Waals surface area contributed by atoms with Gasteiger partial charge in [-0.1, -0.05) is 55.0 Å². The minimum atomic E-state index is -0.737. The first-order valence-corrected chi connectivity index (χ1v) is 11.3. The second-order valence-corrected chi connectivity index (χ2v) is 9.19. The van der Waals surface area contributed by atoms with Crippen LogP contribution in [0.15, 0.2) is 65.7 Å². The number of ether oxygens (including phenoxy) is 1. The summed E-state index contributed by atoms with van der Waals surface area (Å²) in [7, 11) is 0. The van der Waals surface area contributed by atoms with Gasteiger partial charge in [0.25, 0.3) is 0 Å². The molecule has 1 spiro atoms. The number of unbranched alkanes of at least 4 members (excludes halogenated alkanes) is 2. The molecule has 1 atom stereocenters. The van der Waals surface area contributed by atoms with Crippen LogP contribution in [0.5, 0.6) is 5.75 Å². The largest absolute Gasteiger partial charge is 0.481 e. The van der Waals surface area contributed by atoms with E-state index < -0.39 is 11.7 Å². The molecule has 0 aliphatic carbocycles. The summed E-state index contributed by atoms with van der Waals surface area (Å²) in [5.74, 6) is 0.0589. The van der Waals surface area contributed by atoms with Crippen LogP contribution in [-0.2, 0) is 10.2 Å². The number of hydrogen-bond donors (Lipinski definition) is 1. The second kappa shape index (κ2) is 7.66. The molecule has 32 heavy (non-hydrogen) atoms. The van der Waals surface area contributed by atoms with Crippen LogP contribution in [0.2, 0.25) is 0 Å². The average Bonchev–Trinajstić information content (AvgIpc) is 2.97. The molecule has 2 aliphatic rings. The van der Waals surface area contributed by atoms with Gasteiger partial charge in [0, 0.05) is 24.0 Å². The van der Waals surface area contributed by atoms with Crippen LogP contribution in [0.1, 0.15) is 45.1 Å². The number of carboxylic acids is 1. The summed E-state index contributed by atoms with van der Waals surface area (Å²) in [5.41, 5.74) is 2.21. The quantitative estimate of drug-likeness (QED) is 0.484. The third-order valence-corrected chi connectivity index (χ3v) is 6.93. The van der Waals surface area contributed by atoms with Gasteiger partial charge in [0.05, 0.1) is 11.6 Å². The maximum Gasteiger partial charge on any atom is 0.303 e. The fourth-order valence-electron chi connectivity index (χ4n) is 5.17. The number of benzene rings is 3. The average molecular weight is 429 g/mol. The van der Waals surface area contributed by atoms with Gasteiger partial charge in [0.1, 0.15) is 11.4 Å². The Morgan fingerprint density at radius 1 is 1.00 bits per heavy atom. The maximum absolute atomic E-state index is 10.9. The number of fused-ring (bicyclic) bond motifs is 4. The smallest absolute Gasteiger partial charge is 0.303 e. The predicted molar refractivity (Wildman–Crippen MR) is 128 cm³/mol. The normalized spacial score (nSPS) is 20.2. The van der Waals surface area contributed by atoms with Crippen molar-refractivity contribution in [1.82, 2.24) is 0 Å². The van der Waals surface area contributed by atoms with Crippen molar-refractivity contribution < 1.29 is 14.6 Å². The summed E-state index contributed by atoms with van der Waals surface area (Å²) >= 11 is 0. The first-order chi connectivity index (χ1) is 15.4. The zero-order valence-corrected chi connectivity index (χ0v) is 18.5. The fourth-order valence-corrected chi connectivity index (χ4v) is 5.17. The molecule has 0 saturated heterocycles. The Balaban J connectivity index is 1.53. The van der Waals surface area contributed by atoms with Gasteiger partial charge in [-0.2, -0.15) is 0 Å². The van der Waals surface area contributed by atoms with Crippen molar-refractivity contribution >= 4 is 34.3 Å². The molecule has 0 bridgehead atoms. The zero-order chi connectivity index (χ0) is 22.3. The first kappa shape index (κ1) is 20.6. The lowest BCUT2D eigenvalue weighted by Crippen LogP contribution is -2.62. The SMILES string of the molecule is CC1(C)c2ccccc2N(CCCCCC(=O)O)C12C=Nc1c(ccc3ccccc13)O2. The van der Waals surface area contributed by atoms with Crippen molar-refractivity contribution in [3.63, 3.8) is 0 Å². The molecule has 3 aromatic rings. The van der Waals surface area contributed by atoms with Crippen molar-refractivity contribution in [3.8, 4) is 5.75 Å². The van der Waals surface area contributed by atoms with Crippen LogP contribution in [0.4, 0.5) is 11.4 Å². The second-order valence-electron chi connectivity index (χ2n) is 9.19. The van der Waals surface area contributed by atoms with Gasteiger partial charge in [-0.15, -0.1) is 0 Å². The van der Waals surface area contributed by atoms with Crippen molar-refractivity contribution in [2.75, 3.05) is 11.4 Å². The number of nitrogens with zero attached hydrogens (tertiary/aromatic N) is 2. The molecular formula is C27H28N2O3. The molecule has 2 heterocycles. The number of para-hydroxylation sites is 1. The lowest BCUT2D eigenvalue weighted by molar-refractivity contribution is -0.137. The molecule has 0 fully saturated rings. The molecule has 3 aromatic carbocycles. The van der Waals surface area contributed by atoms with Gasteiger partial charge in [-0.05, 0) is 49.8 Å². The number of aliphatic imine (C=N–C) groups is 1. The molecule has 5 rings (SSSR count). The minimum Gasteiger partial charge on any atom is -0.481 e. The van der Waals surface area contributed by atoms with E-state index in [2.05, 4.69) is 61.2 Å². The van der Waals surface area contributed by atoms with Gasteiger partial charge in [-0.25, -0.2) is 0 Å². The number of rotatable bonds is 6. The van der Waals surface area contributed by atoms with Crippen molar-refractivity contribution in [2.24, 2.45) is 4.99 Å². The summed E-state index contributed by atoms with van der Waals surface area (Å²) in [6, 6.07) is 20.8. The van der Waals surface area contributed by atoms with Gasteiger partial charge in [0.15, 0.2) is 0 Å². The number of anilines is 1. The minimum absolute atomic E-state index is 0.214. The molecule has 1 N–H and O–H groups in total. The maximum atomic E-state index is 10.9. The first-order valence-electron chi connectivity index (χ1n) is 11.3. The highest BCUT2D eigenvalue weighted by molar-refractivity contribution is 5.99. The Bertz CT molecular complexity index is 1220. The van der Waals surface area contributed by atoms with Crippen LogP contribution in [0.3, 0.4) is 0 Å². The van der Waals surface area contributed by atoms with Gasteiger partial charge >= 0.3 is 5.97 Å². The summed E-state index contributed by atoms with van der Waals surface area (Å²) in [6.07, 6.45) is 4.64. The zero-order valence-electron chi connectivity index (χ0n) is 18.5. The Labute approximate surface area is 188 Å². The molecule has 1 unspecified atom stereocenters. The third-order valence-electron chi connectivity index (χ3n) is 6.93. The van der Waals surface area contributed by atoms with E-state index in [1.165, 1.54) is 5.56 Å². The fraction of sp³-hybridized carbons (Fsp3) is 0.333. The lowest BCUT2D eigenvalue weighted by Gasteiger charge is -2.46. The molecule has 5 heteroatoms. The Morgan fingerprint density at radius 3 is 2.62 bits per heavy atom. The van der Waals surface area contributed by atoms with Crippen LogP contribution < -0.4 is 9.64 Å². The Morgan fingerprint density at radius 2 is 1.78 bits per heavy atom. The lowest BCUT2D eigenvalue weighted by atomic mass is 9.77. The standard InChI is InChI=1S/C27H28N2O3/c1-26(2)21-12-7-8-13-22(21)29(17-9-3-4-14-24(30)31)27(26)18-28-25-20-11-6-5-10-19(20)15-16-23(25)32-27/h5-8,10-13,15-16,18H,3-4,9,14,17H2,1-2H3,(H,30,31). The van der Waals surface area contributed by atoms with Crippen LogP contribution >= 0.6 is 0 Å². The summed E-state index contributed by atoms with van der Waals surface area (Å²) in [5, 5.41) is 11.2. The van der Waals surface area contributed by atoms with E-state index >= 15 is 0 Å². The number of carbonyl (C=O) groups is 1. The highest BCUT2D eigenvalue weighted by Gasteiger charge is 2.59. The monoisotopic (exact) mass is 428 g/mol. The summed E-state index contributed by atoms with van der Waals surface area (Å²) < 4.78 is 6.88. The third kappa shape index (κ3) is 3.07. The van der Waals surface area contributed by atoms with Crippen molar-refractivity contribution in [3.05, 3.63) is 66.2 Å². The molecule has 0 saturated carbocycles. The van der Waals surface area contributed by atoms with E-state index in [1.807, 2.05) is 24.4 Å². The van der Waals surface area contributed by atoms with E-state index in [9.17, 15) is 4.79 Å². The topological polar surface area (TPSA) is 62.1 Å². The molecular weight excluding hydrogens is 400 g/mol. The van der Waals surface area contributed by atoms with Crippen molar-refractivity contribution in [2.45, 2.75) is 50.7 Å². The van der Waals surface area contributed by atoms with Crippen LogP contribution in [0, 0.1) is 0 Å². The molecule has 2 aliphatic heterocycles. The number of hydrogen-bond acceptors (Lipinski definition) is 4. The van der Waals surface area contributed by atoms with E-state index in [-0.39, 0.29) is 11.8 Å². The highest BCUT2D eigenvalue weighted by atomic mass is 16.5. The van der Waals surface area contributed by atoms with Crippen molar-refractivity contribution in [1.29, 1.82) is 0 Å². The Hall–Kier alpha value is -3.34. The van der Waals surface area contributed by atoms with Gasteiger partial charge in [-0.3, -0.25) is 9.79 Å².